The lowest BCUT2D eigenvalue weighted by Crippen LogP contribution is -2.48. The van der Waals surface area contributed by atoms with Crippen molar-refractivity contribution in [3.63, 3.8) is 0 Å². The van der Waals surface area contributed by atoms with Crippen LogP contribution in [0.2, 0.25) is 0 Å². The van der Waals surface area contributed by atoms with Gasteiger partial charge in [0.05, 0.1) is 6.61 Å². The Morgan fingerprint density at radius 1 is 1.44 bits per heavy atom. The largest absolute Gasteiger partial charge is 0.366 e. The molecule has 1 aromatic carbocycles. The molecule has 1 aliphatic heterocycles. The summed E-state index contributed by atoms with van der Waals surface area (Å²) in [4.78, 5) is 14.2. The van der Waals surface area contributed by atoms with Gasteiger partial charge in [-0.3, -0.25) is 4.79 Å². The predicted molar refractivity (Wildman–Crippen MR) is 71.8 cm³/mol. The number of ether oxygens (including phenoxy) is 1. The van der Waals surface area contributed by atoms with E-state index < -0.39 is 0 Å². The molecule has 1 heterocycles. The van der Waals surface area contributed by atoms with Crippen LogP contribution in [0.3, 0.4) is 0 Å². The fourth-order valence-electron chi connectivity index (χ4n) is 2.23. The van der Waals surface area contributed by atoms with Gasteiger partial charge in [0.25, 0.3) is 5.91 Å². The Labute approximate surface area is 108 Å². The van der Waals surface area contributed by atoms with Gasteiger partial charge in [-0.1, -0.05) is 18.2 Å². The van der Waals surface area contributed by atoms with Gasteiger partial charge in [0.15, 0.2) is 0 Å². The van der Waals surface area contributed by atoms with E-state index in [1.54, 1.807) is 0 Å². The standard InChI is InChI=1S/C14H20N2O2/c1-11-5-3-4-6-12(11)16-9-10-18-13(14(16)17)7-8-15-2/h3-6,13,15H,7-10H2,1-2H3. The maximum Gasteiger partial charge on any atom is 0.256 e. The molecule has 4 heteroatoms. The first kappa shape index (κ1) is 13.1. The second-order valence-corrected chi connectivity index (χ2v) is 4.53. The van der Waals surface area contributed by atoms with E-state index >= 15 is 0 Å². The molecular formula is C14H20N2O2. The minimum Gasteiger partial charge on any atom is -0.366 e. The number of para-hydroxylation sites is 1. The van der Waals surface area contributed by atoms with Crippen molar-refractivity contribution in [2.24, 2.45) is 0 Å². The minimum absolute atomic E-state index is 0.0748. The highest BCUT2D eigenvalue weighted by Crippen LogP contribution is 2.23. The lowest BCUT2D eigenvalue weighted by molar-refractivity contribution is -0.134. The van der Waals surface area contributed by atoms with Gasteiger partial charge in [0.2, 0.25) is 0 Å². The highest BCUT2D eigenvalue weighted by Gasteiger charge is 2.30. The first-order valence-corrected chi connectivity index (χ1v) is 6.37. The predicted octanol–water partition coefficient (Wildman–Crippen LogP) is 1.34. The van der Waals surface area contributed by atoms with Crippen LogP contribution in [0.15, 0.2) is 24.3 Å². The number of hydrogen-bond acceptors (Lipinski definition) is 3. The summed E-state index contributed by atoms with van der Waals surface area (Å²) in [5, 5.41) is 3.05. The van der Waals surface area contributed by atoms with E-state index in [-0.39, 0.29) is 12.0 Å². The monoisotopic (exact) mass is 248 g/mol. The zero-order valence-corrected chi connectivity index (χ0v) is 11.0. The van der Waals surface area contributed by atoms with E-state index in [9.17, 15) is 4.79 Å². The number of carbonyl (C=O) groups is 1. The van der Waals surface area contributed by atoms with E-state index in [1.165, 1.54) is 0 Å². The van der Waals surface area contributed by atoms with Crippen LogP contribution in [0.4, 0.5) is 5.69 Å². The number of hydrogen-bond donors (Lipinski definition) is 1. The van der Waals surface area contributed by atoms with Crippen molar-refractivity contribution >= 4 is 11.6 Å². The molecule has 0 aromatic heterocycles. The summed E-state index contributed by atoms with van der Waals surface area (Å²) in [7, 11) is 1.88. The van der Waals surface area contributed by atoms with Crippen LogP contribution in [-0.4, -0.2) is 38.8 Å². The van der Waals surface area contributed by atoms with Crippen LogP contribution in [0.5, 0.6) is 0 Å². The van der Waals surface area contributed by atoms with Crippen molar-refractivity contribution in [3.8, 4) is 0 Å². The summed E-state index contributed by atoms with van der Waals surface area (Å²) >= 11 is 0. The minimum atomic E-state index is -0.314. The second-order valence-electron chi connectivity index (χ2n) is 4.53. The van der Waals surface area contributed by atoms with Crippen LogP contribution >= 0.6 is 0 Å². The number of amides is 1. The molecule has 2 rings (SSSR count). The molecule has 1 atom stereocenters. The van der Waals surface area contributed by atoms with E-state index in [0.29, 0.717) is 13.2 Å². The summed E-state index contributed by atoms with van der Waals surface area (Å²) in [6, 6.07) is 7.98. The molecule has 0 aliphatic carbocycles. The number of nitrogens with zero attached hydrogens (tertiary/aromatic N) is 1. The smallest absolute Gasteiger partial charge is 0.256 e. The fourth-order valence-corrected chi connectivity index (χ4v) is 2.23. The first-order chi connectivity index (χ1) is 8.74. The molecule has 18 heavy (non-hydrogen) atoms. The lowest BCUT2D eigenvalue weighted by atomic mass is 10.1. The molecule has 0 saturated carbocycles. The van der Waals surface area contributed by atoms with Crippen molar-refractivity contribution in [1.82, 2.24) is 5.32 Å². The van der Waals surface area contributed by atoms with Gasteiger partial charge in [-0.15, -0.1) is 0 Å². The van der Waals surface area contributed by atoms with Gasteiger partial charge in [0.1, 0.15) is 6.10 Å². The fraction of sp³-hybridized carbons (Fsp3) is 0.500. The third-order valence-electron chi connectivity index (χ3n) is 3.24. The molecule has 0 bridgehead atoms. The van der Waals surface area contributed by atoms with Gasteiger partial charge in [-0.25, -0.2) is 0 Å². The summed E-state index contributed by atoms with van der Waals surface area (Å²) in [6.07, 6.45) is 0.406. The molecular weight excluding hydrogens is 228 g/mol. The number of nitrogens with one attached hydrogen (secondary N) is 1. The Kier molecular flexibility index (Phi) is 4.33. The highest BCUT2D eigenvalue weighted by molar-refractivity contribution is 5.97. The summed E-state index contributed by atoms with van der Waals surface area (Å²) in [5.41, 5.74) is 2.13. The van der Waals surface area contributed by atoms with Crippen molar-refractivity contribution < 1.29 is 9.53 Å². The molecule has 0 spiro atoms. The molecule has 1 N–H and O–H groups in total. The van der Waals surface area contributed by atoms with Crippen LogP contribution < -0.4 is 10.2 Å². The normalized spacial score (nSPS) is 20.2. The average molecular weight is 248 g/mol. The summed E-state index contributed by atoms with van der Waals surface area (Å²) in [6.45, 7) is 4.06. The number of aryl methyl sites for hydroxylation is 1. The van der Waals surface area contributed by atoms with Gasteiger partial charge in [-0.05, 0) is 38.6 Å². The third-order valence-corrected chi connectivity index (χ3v) is 3.24. The topological polar surface area (TPSA) is 41.6 Å². The third kappa shape index (κ3) is 2.71. The molecule has 0 radical (unpaired) electrons. The molecule has 1 fully saturated rings. The SMILES string of the molecule is CNCCC1OCCN(c2ccccc2C)C1=O. The molecule has 98 valence electrons. The van der Waals surface area contributed by atoms with Crippen LogP contribution in [0.1, 0.15) is 12.0 Å². The maximum absolute atomic E-state index is 12.4. The van der Waals surface area contributed by atoms with Crippen molar-refractivity contribution in [2.45, 2.75) is 19.4 Å². The van der Waals surface area contributed by atoms with Crippen molar-refractivity contribution in [2.75, 3.05) is 31.6 Å². The van der Waals surface area contributed by atoms with Gasteiger partial charge < -0.3 is 15.0 Å². The van der Waals surface area contributed by atoms with Gasteiger partial charge in [-0.2, -0.15) is 0 Å². The van der Waals surface area contributed by atoms with E-state index in [4.69, 9.17) is 4.74 Å². The zero-order valence-electron chi connectivity index (χ0n) is 11.0. The molecule has 4 nitrogen and oxygen atoms in total. The van der Waals surface area contributed by atoms with Crippen molar-refractivity contribution in [1.29, 1.82) is 0 Å². The number of anilines is 1. The Morgan fingerprint density at radius 2 is 2.22 bits per heavy atom. The summed E-state index contributed by atoms with van der Waals surface area (Å²) < 4.78 is 5.55. The number of morpholine rings is 1. The highest BCUT2D eigenvalue weighted by atomic mass is 16.5. The Bertz CT molecular complexity index is 420. The van der Waals surface area contributed by atoms with Gasteiger partial charge >= 0.3 is 0 Å². The Hall–Kier alpha value is -1.39. The Morgan fingerprint density at radius 3 is 2.94 bits per heavy atom. The quantitative estimate of drug-likeness (QED) is 0.874. The molecule has 1 aromatic rings. The van der Waals surface area contributed by atoms with Gasteiger partial charge in [0, 0.05) is 12.2 Å². The van der Waals surface area contributed by atoms with Crippen molar-refractivity contribution in [3.05, 3.63) is 29.8 Å². The van der Waals surface area contributed by atoms with Crippen LogP contribution in [0.25, 0.3) is 0 Å². The molecule has 1 unspecified atom stereocenters. The molecule has 1 amide bonds. The van der Waals surface area contributed by atoms with Crippen LogP contribution in [0, 0.1) is 6.92 Å². The van der Waals surface area contributed by atoms with Crippen LogP contribution in [-0.2, 0) is 9.53 Å². The average Bonchev–Trinajstić information content (AvgIpc) is 2.39. The maximum atomic E-state index is 12.4. The lowest BCUT2D eigenvalue weighted by Gasteiger charge is -2.33. The van der Waals surface area contributed by atoms with E-state index in [1.807, 2.05) is 43.1 Å². The summed E-state index contributed by atoms with van der Waals surface area (Å²) in [5.74, 6) is 0.0748. The number of carbonyl (C=O) groups excluding carboxylic acids is 1. The van der Waals surface area contributed by atoms with E-state index in [2.05, 4.69) is 5.32 Å². The molecule has 1 saturated heterocycles. The van der Waals surface area contributed by atoms with E-state index in [0.717, 1.165) is 24.2 Å². The zero-order chi connectivity index (χ0) is 13.0. The first-order valence-electron chi connectivity index (χ1n) is 6.37. The Balaban J connectivity index is 2.14. The molecule has 1 aliphatic rings. The number of rotatable bonds is 4. The second kappa shape index (κ2) is 5.98. The number of benzene rings is 1.